The second kappa shape index (κ2) is 8.32. The standard InChI is InChI=1S/C24H24BrN3O3S/c1-32-14-11-17-19-20(22(30)28(21(19)29)15-7-3-2-4-8-15)24(26-17)16-9-5-6-10-18(16)27(13-12-25)23(24)31/h2-10,17,19-20,26H,11-14H2,1H3/t17-,19-,20+,24-/m0/s1. The average Bonchev–Trinajstić information content (AvgIpc) is 3.38. The number of alkyl halides is 1. The topological polar surface area (TPSA) is 69.7 Å². The van der Waals surface area contributed by atoms with Crippen LogP contribution < -0.4 is 15.1 Å². The number of para-hydroxylation sites is 2. The van der Waals surface area contributed by atoms with Crippen LogP contribution in [-0.4, -0.2) is 47.6 Å². The van der Waals surface area contributed by atoms with E-state index in [2.05, 4.69) is 21.2 Å². The fraction of sp³-hybridized carbons (Fsp3) is 0.375. The van der Waals surface area contributed by atoms with Gasteiger partial charge >= 0.3 is 0 Å². The van der Waals surface area contributed by atoms with E-state index >= 15 is 0 Å². The molecule has 3 aliphatic heterocycles. The molecule has 1 spiro atoms. The van der Waals surface area contributed by atoms with Crippen molar-refractivity contribution >= 4 is 56.8 Å². The van der Waals surface area contributed by atoms with Gasteiger partial charge < -0.3 is 4.90 Å². The SMILES string of the molecule is CSCC[C@@H]1N[C@]2(C(=O)N(CCBr)c3ccccc32)[C@H]2C(=O)N(c3ccccc3)C(=O)[C@@H]12. The van der Waals surface area contributed by atoms with Crippen molar-refractivity contribution in [3.05, 3.63) is 60.2 Å². The molecule has 4 atom stereocenters. The molecule has 32 heavy (non-hydrogen) atoms. The molecule has 5 rings (SSSR count). The molecule has 0 aromatic heterocycles. The van der Waals surface area contributed by atoms with E-state index in [0.717, 1.165) is 17.0 Å². The average molecular weight is 514 g/mol. The van der Waals surface area contributed by atoms with Crippen LogP contribution >= 0.6 is 27.7 Å². The molecule has 2 aromatic rings. The number of hydrogen-bond acceptors (Lipinski definition) is 5. The lowest BCUT2D eigenvalue weighted by molar-refractivity contribution is -0.132. The van der Waals surface area contributed by atoms with E-state index in [1.807, 2.05) is 48.7 Å². The minimum atomic E-state index is -1.22. The van der Waals surface area contributed by atoms with Gasteiger partial charge in [-0.2, -0.15) is 11.8 Å². The summed E-state index contributed by atoms with van der Waals surface area (Å²) in [4.78, 5) is 44.6. The number of imide groups is 1. The molecule has 0 aliphatic carbocycles. The van der Waals surface area contributed by atoms with E-state index in [4.69, 9.17) is 0 Å². The van der Waals surface area contributed by atoms with Gasteiger partial charge in [0.25, 0.3) is 5.91 Å². The van der Waals surface area contributed by atoms with Gasteiger partial charge in [-0.1, -0.05) is 52.3 Å². The molecule has 166 valence electrons. The largest absolute Gasteiger partial charge is 0.309 e. The predicted octanol–water partition coefficient (Wildman–Crippen LogP) is 3.15. The first-order chi connectivity index (χ1) is 15.6. The molecule has 0 bridgehead atoms. The van der Waals surface area contributed by atoms with Gasteiger partial charge in [-0.05, 0) is 36.6 Å². The van der Waals surface area contributed by atoms with Gasteiger partial charge in [0, 0.05) is 29.2 Å². The van der Waals surface area contributed by atoms with Gasteiger partial charge in [0.2, 0.25) is 11.8 Å². The maximum Gasteiger partial charge on any atom is 0.252 e. The quantitative estimate of drug-likeness (QED) is 0.474. The van der Waals surface area contributed by atoms with Crippen LogP contribution in [0.25, 0.3) is 0 Å². The van der Waals surface area contributed by atoms with Crippen LogP contribution in [-0.2, 0) is 19.9 Å². The van der Waals surface area contributed by atoms with Gasteiger partial charge in [0.15, 0.2) is 0 Å². The molecule has 8 heteroatoms. The van der Waals surface area contributed by atoms with Crippen LogP contribution in [0.3, 0.4) is 0 Å². The fourth-order valence-corrected chi connectivity index (χ4v) is 6.42. The van der Waals surface area contributed by atoms with Crippen molar-refractivity contribution in [1.82, 2.24) is 5.32 Å². The molecule has 2 fully saturated rings. The van der Waals surface area contributed by atoms with Crippen molar-refractivity contribution in [3.63, 3.8) is 0 Å². The second-order valence-corrected chi connectivity index (χ2v) is 10.1. The van der Waals surface area contributed by atoms with Crippen LogP contribution in [0.1, 0.15) is 12.0 Å². The Hall–Kier alpha value is -2.16. The number of benzene rings is 2. The Morgan fingerprint density at radius 1 is 1.03 bits per heavy atom. The number of amides is 3. The summed E-state index contributed by atoms with van der Waals surface area (Å²) in [5.74, 6) is -1.16. The third-order valence-corrected chi connectivity index (χ3v) is 7.82. The van der Waals surface area contributed by atoms with Crippen molar-refractivity contribution in [2.45, 2.75) is 18.0 Å². The molecule has 0 unspecified atom stereocenters. The molecule has 2 saturated heterocycles. The highest BCUT2D eigenvalue weighted by atomic mass is 79.9. The minimum absolute atomic E-state index is 0.143. The maximum absolute atomic E-state index is 14.0. The molecule has 3 heterocycles. The molecule has 6 nitrogen and oxygen atoms in total. The third kappa shape index (κ3) is 2.92. The van der Waals surface area contributed by atoms with Gasteiger partial charge in [-0.3, -0.25) is 19.7 Å². The lowest BCUT2D eigenvalue weighted by Crippen LogP contribution is -2.55. The number of carbonyl (C=O) groups is 3. The zero-order valence-corrected chi connectivity index (χ0v) is 20.1. The van der Waals surface area contributed by atoms with Crippen molar-refractivity contribution in [1.29, 1.82) is 0 Å². The second-order valence-electron chi connectivity index (χ2n) is 8.35. The third-order valence-electron chi connectivity index (χ3n) is 6.82. The summed E-state index contributed by atoms with van der Waals surface area (Å²) in [6, 6.07) is 16.4. The Kier molecular flexibility index (Phi) is 5.63. The lowest BCUT2D eigenvalue weighted by Gasteiger charge is -2.30. The Morgan fingerprint density at radius 3 is 2.47 bits per heavy atom. The number of rotatable bonds is 6. The Labute approximate surface area is 199 Å². The highest BCUT2D eigenvalue weighted by Gasteiger charge is 2.71. The van der Waals surface area contributed by atoms with E-state index < -0.39 is 17.4 Å². The van der Waals surface area contributed by atoms with Crippen molar-refractivity contribution < 1.29 is 14.4 Å². The number of thioether (sulfide) groups is 1. The normalized spacial score (nSPS) is 28.7. The van der Waals surface area contributed by atoms with Gasteiger partial charge in [-0.25, -0.2) is 4.90 Å². The number of nitrogens with one attached hydrogen (secondary N) is 1. The molecule has 0 radical (unpaired) electrons. The molecule has 1 N–H and O–H groups in total. The van der Waals surface area contributed by atoms with Crippen LogP contribution in [0.15, 0.2) is 54.6 Å². The van der Waals surface area contributed by atoms with Crippen LogP contribution in [0.2, 0.25) is 0 Å². The number of hydrogen-bond donors (Lipinski definition) is 1. The van der Waals surface area contributed by atoms with Crippen molar-refractivity contribution in [2.75, 3.05) is 33.7 Å². The van der Waals surface area contributed by atoms with Gasteiger partial charge in [-0.15, -0.1) is 0 Å². The van der Waals surface area contributed by atoms with Crippen LogP contribution in [0, 0.1) is 11.8 Å². The molecule has 3 aliphatic rings. The summed E-state index contributed by atoms with van der Waals surface area (Å²) < 4.78 is 0. The van der Waals surface area contributed by atoms with Crippen LogP contribution in [0.5, 0.6) is 0 Å². The summed E-state index contributed by atoms with van der Waals surface area (Å²) in [6.07, 6.45) is 2.73. The Balaban J connectivity index is 1.67. The number of carbonyl (C=O) groups excluding carboxylic acids is 3. The number of nitrogens with zero attached hydrogens (tertiary/aromatic N) is 2. The zero-order chi connectivity index (χ0) is 22.5. The van der Waals surface area contributed by atoms with E-state index in [-0.39, 0.29) is 23.8 Å². The molecule has 3 amide bonds. The van der Waals surface area contributed by atoms with Gasteiger partial charge in [0.05, 0.1) is 17.5 Å². The number of fused-ring (bicyclic) bond motifs is 4. The predicted molar refractivity (Wildman–Crippen MR) is 130 cm³/mol. The molecule has 0 saturated carbocycles. The summed E-state index contributed by atoms with van der Waals surface area (Å²) in [5, 5.41) is 4.16. The smallest absolute Gasteiger partial charge is 0.252 e. The Bertz CT molecular complexity index is 1080. The summed E-state index contributed by atoms with van der Waals surface area (Å²) >= 11 is 5.15. The lowest BCUT2D eigenvalue weighted by atomic mass is 9.76. The number of anilines is 2. The number of halogens is 1. The van der Waals surface area contributed by atoms with Crippen molar-refractivity contribution in [3.8, 4) is 0 Å². The molecular weight excluding hydrogens is 490 g/mol. The van der Waals surface area contributed by atoms with Crippen molar-refractivity contribution in [2.24, 2.45) is 11.8 Å². The molecular formula is C24H24BrN3O3S. The van der Waals surface area contributed by atoms with Gasteiger partial charge in [0.1, 0.15) is 5.54 Å². The van der Waals surface area contributed by atoms with E-state index in [1.165, 1.54) is 4.90 Å². The monoisotopic (exact) mass is 513 g/mol. The summed E-state index contributed by atoms with van der Waals surface area (Å²) in [5.41, 5.74) is 0.950. The maximum atomic E-state index is 14.0. The van der Waals surface area contributed by atoms with E-state index in [0.29, 0.717) is 24.0 Å². The first-order valence-electron chi connectivity index (χ1n) is 10.7. The first-order valence-corrected chi connectivity index (χ1v) is 13.2. The minimum Gasteiger partial charge on any atom is -0.309 e. The first kappa shape index (κ1) is 21.7. The van der Waals surface area contributed by atoms with E-state index in [9.17, 15) is 14.4 Å². The molecule has 2 aromatic carbocycles. The summed E-state index contributed by atoms with van der Waals surface area (Å²) in [7, 11) is 0. The highest BCUT2D eigenvalue weighted by Crippen LogP contribution is 2.55. The fourth-order valence-electron chi connectivity index (χ4n) is 5.58. The Morgan fingerprint density at radius 2 is 1.75 bits per heavy atom. The summed E-state index contributed by atoms with van der Waals surface area (Å²) in [6.45, 7) is 0.497. The highest BCUT2D eigenvalue weighted by molar-refractivity contribution is 9.09. The van der Waals surface area contributed by atoms with Crippen LogP contribution in [0.4, 0.5) is 11.4 Å². The zero-order valence-electron chi connectivity index (χ0n) is 17.7. The van der Waals surface area contributed by atoms with E-state index in [1.54, 1.807) is 28.8 Å².